The summed E-state index contributed by atoms with van der Waals surface area (Å²) in [5.41, 5.74) is 7.56. The highest BCUT2D eigenvalue weighted by atomic mass is 16.3. The fourth-order valence-electron chi connectivity index (χ4n) is 2.52. The van der Waals surface area contributed by atoms with E-state index in [-0.39, 0.29) is 6.61 Å². The number of aliphatic hydroxyl groups is 1. The van der Waals surface area contributed by atoms with Crippen molar-refractivity contribution in [2.45, 2.75) is 38.6 Å². The van der Waals surface area contributed by atoms with Gasteiger partial charge in [-0.25, -0.2) is 4.98 Å². The van der Waals surface area contributed by atoms with Crippen molar-refractivity contribution in [3.63, 3.8) is 0 Å². The Balaban J connectivity index is 2.21. The highest BCUT2D eigenvalue weighted by Crippen LogP contribution is 2.28. The molecule has 1 aliphatic carbocycles. The fraction of sp³-hybridized carbons (Fsp3) is 0.615. The molecule has 0 bridgehead atoms. The van der Waals surface area contributed by atoms with Gasteiger partial charge in [-0.3, -0.25) is 0 Å². The molecule has 0 saturated heterocycles. The van der Waals surface area contributed by atoms with Crippen molar-refractivity contribution in [1.29, 1.82) is 0 Å². The monoisotopic (exact) mass is 235 g/mol. The second kappa shape index (κ2) is 5.36. The van der Waals surface area contributed by atoms with E-state index in [0.717, 1.165) is 17.1 Å². The molecule has 3 N–H and O–H groups in total. The predicted octanol–water partition coefficient (Wildman–Crippen LogP) is 1.71. The quantitative estimate of drug-likeness (QED) is 0.834. The number of pyridine rings is 1. The van der Waals surface area contributed by atoms with Gasteiger partial charge in [0.05, 0.1) is 18.5 Å². The summed E-state index contributed by atoms with van der Waals surface area (Å²) in [6, 6.07) is 2.54. The zero-order valence-electron chi connectivity index (χ0n) is 10.4. The molecule has 0 aromatic carbocycles. The number of hydrogen-bond acceptors (Lipinski definition) is 4. The summed E-state index contributed by atoms with van der Waals surface area (Å²) in [4.78, 5) is 6.61. The molecule has 17 heavy (non-hydrogen) atoms. The Morgan fingerprint density at radius 3 is 2.76 bits per heavy atom. The van der Waals surface area contributed by atoms with E-state index in [9.17, 15) is 5.11 Å². The first-order chi connectivity index (χ1) is 8.22. The first kappa shape index (κ1) is 12.2. The van der Waals surface area contributed by atoms with Crippen LogP contribution >= 0.6 is 0 Å². The van der Waals surface area contributed by atoms with Gasteiger partial charge >= 0.3 is 0 Å². The van der Waals surface area contributed by atoms with Crippen LogP contribution < -0.4 is 10.6 Å². The molecule has 0 radical (unpaired) electrons. The maximum absolute atomic E-state index is 9.19. The fourth-order valence-corrected chi connectivity index (χ4v) is 2.52. The Morgan fingerprint density at radius 2 is 2.18 bits per heavy atom. The minimum Gasteiger partial charge on any atom is -0.397 e. The van der Waals surface area contributed by atoms with E-state index in [0.29, 0.717) is 12.6 Å². The van der Waals surface area contributed by atoms with Gasteiger partial charge < -0.3 is 15.7 Å². The highest BCUT2D eigenvalue weighted by Gasteiger charge is 2.23. The topological polar surface area (TPSA) is 62.4 Å². The van der Waals surface area contributed by atoms with E-state index in [1.807, 2.05) is 13.0 Å². The third kappa shape index (κ3) is 2.69. The van der Waals surface area contributed by atoms with Crippen molar-refractivity contribution >= 4 is 11.5 Å². The molecule has 1 aromatic rings. The summed E-state index contributed by atoms with van der Waals surface area (Å²) in [5, 5.41) is 9.19. The van der Waals surface area contributed by atoms with Gasteiger partial charge in [0.2, 0.25) is 0 Å². The molecular weight excluding hydrogens is 214 g/mol. The maximum atomic E-state index is 9.19. The van der Waals surface area contributed by atoms with Gasteiger partial charge in [-0.05, 0) is 31.4 Å². The lowest BCUT2D eigenvalue weighted by Crippen LogP contribution is -2.36. The highest BCUT2D eigenvalue weighted by molar-refractivity contribution is 5.52. The number of nitrogen functional groups attached to an aromatic ring is 1. The van der Waals surface area contributed by atoms with Crippen molar-refractivity contribution in [2.75, 3.05) is 23.8 Å². The average molecular weight is 235 g/mol. The third-order valence-corrected chi connectivity index (χ3v) is 3.54. The van der Waals surface area contributed by atoms with Crippen LogP contribution in [0.25, 0.3) is 0 Å². The minimum atomic E-state index is 0.168. The van der Waals surface area contributed by atoms with Gasteiger partial charge in [0.15, 0.2) is 0 Å². The number of nitrogens with two attached hydrogens (primary N) is 1. The number of aliphatic hydroxyl groups excluding tert-OH is 1. The zero-order valence-corrected chi connectivity index (χ0v) is 10.4. The molecule has 0 atom stereocenters. The smallest absolute Gasteiger partial charge is 0.129 e. The molecule has 0 unspecified atom stereocenters. The van der Waals surface area contributed by atoms with Crippen molar-refractivity contribution in [3.05, 3.63) is 17.8 Å². The molecule has 0 amide bonds. The van der Waals surface area contributed by atoms with Crippen molar-refractivity contribution in [1.82, 2.24) is 4.98 Å². The molecule has 4 nitrogen and oxygen atoms in total. The first-order valence-corrected chi connectivity index (χ1v) is 6.32. The lowest BCUT2D eigenvalue weighted by molar-refractivity contribution is 0.297. The van der Waals surface area contributed by atoms with Gasteiger partial charge in [-0.1, -0.05) is 12.8 Å². The lowest BCUT2D eigenvalue weighted by atomic mass is 10.2. The Bertz CT molecular complexity index is 375. The van der Waals surface area contributed by atoms with Crippen molar-refractivity contribution in [3.8, 4) is 0 Å². The first-order valence-electron chi connectivity index (χ1n) is 6.32. The summed E-state index contributed by atoms with van der Waals surface area (Å²) in [7, 11) is 0. The van der Waals surface area contributed by atoms with Gasteiger partial charge in [0.25, 0.3) is 0 Å². The van der Waals surface area contributed by atoms with Crippen LogP contribution in [0.1, 0.15) is 31.2 Å². The SMILES string of the molecule is Cc1cc(N(CCO)C2CCCC2)ncc1N. The van der Waals surface area contributed by atoms with Gasteiger partial charge in [-0.15, -0.1) is 0 Å². The third-order valence-electron chi connectivity index (χ3n) is 3.54. The number of rotatable bonds is 4. The van der Waals surface area contributed by atoms with Crippen LogP contribution in [0.3, 0.4) is 0 Å². The normalized spacial score (nSPS) is 16.4. The number of nitrogens with zero attached hydrogens (tertiary/aromatic N) is 2. The molecule has 1 aliphatic rings. The summed E-state index contributed by atoms with van der Waals surface area (Å²) in [6.07, 6.45) is 6.67. The van der Waals surface area contributed by atoms with E-state index in [2.05, 4.69) is 9.88 Å². The number of aryl methyl sites for hydroxylation is 1. The van der Waals surface area contributed by atoms with Crippen LogP contribution in [-0.4, -0.2) is 29.3 Å². The molecule has 1 heterocycles. The average Bonchev–Trinajstić information content (AvgIpc) is 2.83. The standard InChI is InChI=1S/C13H21N3O/c1-10-8-13(15-9-12(10)14)16(6-7-17)11-4-2-3-5-11/h8-9,11,17H,2-7,14H2,1H3. The number of aromatic nitrogens is 1. The largest absolute Gasteiger partial charge is 0.397 e. The van der Waals surface area contributed by atoms with Crippen LogP contribution in [-0.2, 0) is 0 Å². The van der Waals surface area contributed by atoms with Gasteiger partial charge in [0.1, 0.15) is 5.82 Å². The van der Waals surface area contributed by atoms with Crippen LogP contribution in [0.15, 0.2) is 12.3 Å². The van der Waals surface area contributed by atoms with Crippen LogP contribution in [0.2, 0.25) is 0 Å². The van der Waals surface area contributed by atoms with Crippen LogP contribution in [0.5, 0.6) is 0 Å². The second-order valence-corrected chi connectivity index (χ2v) is 4.75. The molecule has 94 valence electrons. The Kier molecular flexibility index (Phi) is 3.84. The van der Waals surface area contributed by atoms with E-state index in [1.165, 1.54) is 25.7 Å². The number of anilines is 2. The van der Waals surface area contributed by atoms with Crippen LogP contribution in [0, 0.1) is 6.92 Å². The maximum Gasteiger partial charge on any atom is 0.129 e. The molecular formula is C13H21N3O. The van der Waals surface area contributed by atoms with Crippen LogP contribution in [0.4, 0.5) is 11.5 Å². The van der Waals surface area contributed by atoms with Gasteiger partial charge in [-0.2, -0.15) is 0 Å². The Hall–Kier alpha value is -1.29. The molecule has 4 heteroatoms. The van der Waals surface area contributed by atoms with E-state index in [1.54, 1.807) is 6.20 Å². The molecule has 2 rings (SSSR count). The van der Waals surface area contributed by atoms with E-state index < -0.39 is 0 Å². The molecule has 1 aromatic heterocycles. The number of hydrogen-bond donors (Lipinski definition) is 2. The van der Waals surface area contributed by atoms with Gasteiger partial charge in [0, 0.05) is 12.6 Å². The zero-order chi connectivity index (χ0) is 12.3. The molecule has 1 fully saturated rings. The molecule has 0 aliphatic heterocycles. The summed E-state index contributed by atoms with van der Waals surface area (Å²) >= 11 is 0. The Labute approximate surface area is 102 Å². The lowest BCUT2D eigenvalue weighted by Gasteiger charge is -2.29. The Morgan fingerprint density at radius 1 is 1.47 bits per heavy atom. The summed E-state index contributed by atoms with van der Waals surface area (Å²) in [6.45, 7) is 2.81. The minimum absolute atomic E-state index is 0.168. The second-order valence-electron chi connectivity index (χ2n) is 4.75. The van der Waals surface area contributed by atoms with E-state index in [4.69, 9.17) is 5.73 Å². The molecule has 1 saturated carbocycles. The summed E-state index contributed by atoms with van der Waals surface area (Å²) in [5.74, 6) is 0.942. The van der Waals surface area contributed by atoms with Crippen molar-refractivity contribution < 1.29 is 5.11 Å². The predicted molar refractivity (Wildman–Crippen MR) is 70.1 cm³/mol. The van der Waals surface area contributed by atoms with E-state index >= 15 is 0 Å². The van der Waals surface area contributed by atoms with Crippen molar-refractivity contribution in [2.24, 2.45) is 0 Å². The summed E-state index contributed by atoms with van der Waals surface area (Å²) < 4.78 is 0. The molecule has 0 spiro atoms.